The number of benzene rings is 1. The fourth-order valence-electron chi connectivity index (χ4n) is 2.17. The number of hydrogen-bond acceptors (Lipinski definition) is 2. The molecular formula is C14H20N2O. The zero-order chi connectivity index (χ0) is 12.3. The molecule has 3 heteroatoms. The predicted octanol–water partition coefficient (Wildman–Crippen LogP) is 1.86. The number of nitrogens with two attached hydrogens (primary N) is 1. The molecule has 0 unspecified atom stereocenters. The van der Waals surface area contributed by atoms with Crippen molar-refractivity contribution in [3.63, 3.8) is 0 Å². The van der Waals surface area contributed by atoms with Gasteiger partial charge in [-0.1, -0.05) is 12.1 Å². The van der Waals surface area contributed by atoms with Gasteiger partial charge >= 0.3 is 0 Å². The van der Waals surface area contributed by atoms with Gasteiger partial charge in [-0.25, -0.2) is 0 Å². The number of amides is 1. The second kappa shape index (κ2) is 4.88. The van der Waals surface area contributed by atoms with Gasteiger partial charge in [-0.3, -0.25) is 4.79 Å². The summed E-state index contributed by atoms with van der Waals surface area (Å²) in [6.45, 7) is 2.75. The predicted molar refractivity (Wildman–Crippen MR) is 68.9 cm³/mol. The van der Waals surface area contributed by atoms with Crippen molar-refractivity contribution < 1.29 is 4.79 Å². The third kappa shape index (κ3) is 2.86. The van der Waals surface area contributed by atoms with Crippen molar-refractivity contribution in [1.82, 2.24) is 5.32 Å². The van der Waals surface area contributed by atoms with Gasteiger partial charge in [-0.15, -0.1) is 0 Å². The van der Waals surface area contributed by atoms with Gasteiger partial charge in [-0.2, -0.15) is 0 Å². The van der Waals surface area contributed by atoms with E-state index in [2.05, 4.69) is 12.2 Å². The first-order chi connectivity index (χ1) is 8.13. The standard InChI is InChI=1S/C14H20N2O/c1-14(8-2-9-14)16-13(17)12-5-3-11(4-6-12)7-10-15/h3-6H,2,7-10,15H2,1H3,(H,16,17). The lowest BCUT2D eigenvalue weighted by Gasteiger charge is -2.39. The lowest BCUT2D eigenvalue weighted by Crippen LogP contribution is -2.50. The van der Waals surface area contributed by atoms with Gasteiger partial charge < -0.3 is 11.1 Å². The van der Waals surface area contributed by atoms with Crippen molar-refractivity contribution in [2.24, 2.45) is 5.73 Å². The third-order valence-corrected chi connectivity index (χ3v) is 3.52. The molecule has 1 aliphatic rings. The second-order valence-corrected chi connectivity index (χ2v) is 5.10. The summed E-state index contributed by atoms with van der Waals surface area (Å²) in [5.74, 6) is 0.0338. The molecule has 0 spiro atoms. The minimum absolute atomic E-state index is 0.0208. The summed E-state index contributed by atoms with van der Waals surface area (Å²) in [4.78, 5) is 12.0. The first kappa shape index (κ1) is 12.1. The molecule has 3 nitrogen and oxygen atoms in total. The Bertz CT molecular complexity index is 393. The van der Waals surface area contributed by atoms with E-state index in [1.807, 2.05) is 24.3 Å². The average molecular weight is 232 g/mol. The Hall–Kier alpha value is -1.35. The minimum Gasteiger partial charge on any atom is -0.347 e. The number of carbonyl (C=O) groups excluding carboxylic acids is 1. The molecule has 0 aromatic heterocycles. The monoisotopic (exact) mass is 232 g/mol. The van der Waals surface area contributed by atoms with Crippen LogP contribution in [-0.2, 0) is 6.42 Å². The highest BCUT2D eigenvalue weighted by Gasteiger charge is 2.33. The fraction of sp³-hybridized carbons (Fsp3) is 0.500. The van der Waals surface area contributed by atoms with Crippen molar-refractivity contribution in [2.75, 3.05) is 6.54 Å². The summed E-state index contributed by atoms with van der Waals surface area (Å²) in [6, 6.07) is 7.71. The summed E-state index contributed by atoms with van der Waals surface area (Å²) in [5.41, 5.74) is 7.42. The number of carbonyl (C=O) groups is 1. The summed E-state index contributed by atoms with van der Waals surface area (Å²) in [6.07, 6.45) is 4.25. The zero-order valence-electron chi connectivity index (χ0n) is 10.3. The Kier molecular flexibility index (Phi) is 3.48. The topological polar surface area (TPSA) is 55.1 Å². The molecule has 1 fully saturated rings. The highest BCUT2D eigenvalue weighted by molar-refractivity contribution is 5.94. The highest BCUT2D eigenvalue weighted by Crippen LogP contribution is 2.31. The molecule has 0 heterocycles. The van der Waals surface area contributed by atoms with Crippen LogP contribution in [0.3, 0.4) is 0 Å². The van der Waals surface area contributed by atoms with Crippen LogP contribution in [0.1, 0.15) is 42.1 Å². The summed E-state index contributed by atoms with van der Waals surface area (Å²) < 4.78 is 0. The Labute approximate surface area is 102 Å². The van der Waals surface area contributed by atoms with Crippen LogP contribution >= 0.6 is 0 Å². The van der Waals surface area contributed by atoms with Crippen LogP contribution in [0.25, 0.3) is 0 Å². The van der Waals surface area contributed by atoms with Crippen LogP contribution < -0.4 is 11.1 Å². The van der Waals surface area contributed by atoms with E-state index in [1.165, 1.54) is 12.0 Å². The van der Waals surface area contributed by atoms with Crippen molar-refractivity contribution >= 4 is 5.91 Å². The van der Waals surface area contributed by atoms with E-state index in [9.17, 15) is 4.79 Å². The molecule has 1 saturated carbocycles. The van der Waals surface area contributed by atoms with Gasteiger partial charge in [0, 0.05) is 11.1 Å². The van der Waals surface area contributed by atoms with E-state index >= 15 is 0 Å². The van der Waals surface area contributed by atoms with Crippen LogP contribution in [-0.4, -0.2) is 18.0 Å². The third-order valence-electron chi connectivity index (χ3n) is 3.52. The van der Waals surface area contributed by atoms with E-state index < -0.39 is 0 Å². The maximum Gasteiger partial charge on any atom is 0.251 e. The molecule has 17 heavy (non-hydrogen) atoms. The SMILES string of the molecule is CC1(NC(=O)c2ccc(CCN)cc2)CCC1. The van der Waals surface area contributed by atoms with Crippen LogP contribution in [0.2, 0.25) is 0 Å². The Balaban J connectivity index is 1.99. The van der Waals surface area contributed by atoms with E-state index in [-0.39, 0.29) is 11.4 Å². The van der Waals surface area contributed by atoms with Crippen LogP contribution in [0.5, 0.6) is 0 Å². The molecule has 1 amide bonds. The highest BCUT2D eigenvalue weighted by atomic mass is 16.1. The van der Waals surface area contributed by atoms with Gasteiger partial charge in [-0.05, 0) is 56.8 Å². The number of hydrogen-bond donors (Lipinski definition) is 2. The first-order valence-corrected chi connectivity index (χ1v) is 6.24. The minimum atomic E-state index is 0.0208. The number of rotatable bonds is 4. The lowest BCUT2D eigenvalue weighted by atomic mass is 9.78. The molecule has 1 aromatic carbocycles. The van der Waals surface area contributed by atoms with Crippen molar-refractivity contribution in [1.29, 1.82) is 0 Å². The molecule has 1 aliphatic carbocycles. The smallest absolute Gasteiger partial charge is 0.251 e. The molecule has 0 aliphatic heterocycles. The van der Waals surface area contributed by atoms with Crippen LogP contribution in [0.4, 0.5) is 0 Å². The van der Waals surface area contributed by atoms with Crippen molar-refractivity contribution in [3.05, 3.63) is 35.4 Å². The van der Waals surface area contributed by atoms with Gasteiger partial charge in [0.25, 0.3) is 5.91 Å². The molecule has 0 atom stereocenters. The Morgan fingerprint density at radius 3 is 2.47 bits per heavy atom. The second-order valence-electron chi connectivity index (χ2n) is 5.10. The molecule has 92 valence electrons. The molecule has 0 saturated heterocycles. The van der Waals surface area contributed by atoms with Crippen LogP contribution in [0.15, 0.2) is 24.3 Å². The quantitative estimate of drug-likeness (QED) is 0.832. The normalized spacial score (nSPS) is 17.3. The molecule has 2 rings (SSSR count). The van der Waals surface area contributed by atoms with Crippen molar-refractivity contribution in [3.8, 4) is 0 Å². The van der Waals surface area contributed by atoms with Crippen molar-refractivity contribution in [2.45, 2.75) is 38.1 Å². The van der Waals surface area contributed by atoms with Gasteiger partial charge in [0.2, 0.25) is 0 Å². The fourth-order valence-corrected chi connectivity index (χ4v) is 2.17. The summed E-state index contributed by atoms with van der Waals surface area (Å²) in [5, 5.41) is 3.10. The number of nitrogens with one attached hydrogen (secondary N) is 1. The van der Waals surface area contributed by atoms with E-state index in [1.54, 1.807) is 0 Å². The van der Waals surface area contributed by atoms with Gasteiger partial charge in [0.15, 0.2) is 0 Å². The maximum atomic E-state index is 12.0. The largest absolute Gasteiger partial charge is 0.347 e. The molecule has 3 N–H and O–H groups in total. The average Bonchev–Trinajstić information content (AvgIpc) is 2.28. The van der Waals surface area contributed by atoms with E-state index in [0.717, 1.165) is 24.8 Å². The zero-order valence-corrected chi connectivity index (χ0v) is 10.3. The summed E-state index contributed by atoms with van der Waals surface area (Å²) >= 11 is 0. The van der Waals surface area contributed by atoms with Gasteiger partial charge in [0.1, 0.15) is 0 Å². The maximum absolute atomic E-state index is 12.0. The van der Waals surface area contributed by atoms with E-state index in [4.69, 9.17) is 5.73 Å². The first-order valence-electron chi connectivity index (χ1n) is 6.24. The van der Waals surface area contributed by atoms with Gasteiger partial charge in [0.05, 0.1) is 0 Å². The van der Waals surface area contributed by atoms with E-state index in [0.29, 0.717) is 6.54 Å². The lowest BCUT2D eigenvalue weighted by molar-refractivity contribution is 0.0850. The Morgan fingerprint density at radius 2 is 2.00 bits per heavy atom. The Morgan fingerprint density at radius 1 is 1.35 bits per heavy atom. The van der Waals surface area contributed by atoms with Crippen LogP contribution in [0, 0.1) is 0 Å². The molecule has 0 bridgehead atoms. The molecule has 0 radical (unpaired) electrons. The summed E-state index contributed by atoms with van der Waals surface area (Å²) in [7, 11) is 0. The molecule has 1 aromatic rings. The molecular weight excluding hydrogens is 212 g/mol.